The molecule has 0 aromatic carbocycles. The fourth-order valence-corrected chi connectivity index (χ4v) is 2.20. The van der Waals surface area contributed by atoms with Gasteiger partial charge in [-0.15, -0.1) is 0 Å². The number of allylic oxidation sites excluding steroid dienone is 1. The zero-order chi connectivity index (χ0) is 9.97. The van der Waals surface area contributed by atoms with E-state index in [1.54, 1.807) is 6.20 Å². The minimum absolute atomic E-state index is 0.766. The predicted molar refractivity (Wildman–Crippen MR) is 56.8 cm³/mol. The maximum atomic E-state index is 5.45. The van der Waals surface area contributed by atoms with Gasteiger partial charge in [-0.25, -0.2) is 4.98 Å². The molecule has 1 saturated carbocycles. The van der Waals surface area contributed by atoms with Crippen molar-refractivity contribution in [3.05, 3.63) is 23.4 Å². The lowest BCUT2D eigenvalue weighted by atomic mass is 10.00. The molecule has 0 N–H and O–H groups in total. The largest absolute Gasteiger partial charge is 0.442 e. The molecule has 1 aromatic heterocycles. The van der Waals surface area contributed by atoms with E-state index in [1.165, 1.54) is 31.3 Å². The summed E-state index contributed by atoms with van der Waals surface area (Å²) in [6.07, 6.45) is 9.04. The van der Waals surface area contributed by atoms with Crippen molar-refractivity contribution in [3.63, 3.8) is 0 Å². The van der Waals surface area contributed by atoms with Crippen molar-refractivity contribution in [2.75, 3.05) is 0 Å². The van der Waals surface area contributed by atoms with Crippen LogP contribution in [0.1, 0.15) is 44.3 Å². The third-order valence-electron chi connectivity index (χ3n) is 2.98. The lowest BCUT2D eigenvalue weighted by molar-refractivity contribution is 0.515. The number of rotatable bonds is 2. The Balaban J connectivity index is 2.17. The van der Waals surface area contributed by atoms with Gasteiger partial charge in [0, 0.05) is 6.08 Å². The van der Waals surface area contributed by atoms with E-state index in [0.29, 0.717) is 0 Å². The maximum absolute atomic E-state index is 5.45. The van der Waals surface area contributed by atoms with E-state index in [1.807, 2.05) is 6.92 Å². The Hall–Kier alpha value is -1.05. The Bertz CT molecular complexity index is 338. The summed E-state index contributed by atoms with van der Waals surface area (Å²) in [4.78, 5) is 4.20. The Morgan fingerprint density at radius 2 is 2.50 bits per heavy atom. The normalized spacial score (nSPS) is 24.7. The molecule has 1 fully saturated rings. The molecule has 14 heavy (non-hydrogen) atoms. The van der Waals surface area contributed by atoms with Crippen LogP contribution in [0.5, 0.6) is 0 Å². The number of oxazole rings is 1. The summed E-state index contributed by atoms with van der Waals surface area (Å²) in [5.74, 6) is 2.43. The first-order chi connectivity index (χ1) is 6.79. The topological polar surface area (TPSA) is 26.0 Å². The number of nitrogens with zero attached hydrogens (tertiary/aromatic N) is 1. The summed E-state index contributed by atoms with van der Waals surface area (Å²) in [5, 5.41) is 0. The zero-order valence-electron chi connectivity index (χ0n) is 8.92. The van der Waals surface area contributed by atoms with Crippen LogP contribution in [0, 0.1) is 12.8 Å². The molecule has 2 nitrogen and oxygen atoms in total. The minimum Gasteiger partial charge on any atom is -0.442 e. The van der Waals surface area contributed by atoms with Gasteiger partial charge in [-0.05, 0) is 38.5 Å². The van der Waals surface area contributed by atoms with E-state index in [0.717, 1.165) is 17.6 Å². The molecule has 0 saturated heterocycles. The van der Waals surface area contributed by atoms with Crippen LogP contribution in [0.2, 0.25) is 0 Å². The summed E-state index contributed by atoms with van der Waals surface area (Å²) in [7, 11) is 0. The van der Waals surface area contributed by atoms with Crippen molar-refractivity contribution in [3.8, 4) is 0 Å². The summed E-state index contributed by atoms with van der Waals surface area (Å²) >= 11 is 0. The molecule has 76 valence electrons. The molecule has 1 aliphatic carbocycles. The van der Waals surface area contributed by atoms with Gasteiger partial charge in [0.05, 0.1) is 6.20 Å². The highest BCUT2D eigenvalue weighted by Gasteiger charge is 2.19. The quantitative estimate of drug-likeness (QED) is 0.714. The van der Waals surface area contributed by atoms with E-state index in [9.17, 15) is 0 Å². The van der Waals surface area contributed by atoms with Crippen LogP contribution in [0.25, 0.3) is 6.08 Å². The average molecular weight is 191 g/mol. The van der Waals surface area contributed by atoms with E-state index in [-0.39, 0.29) is 0 Å². The predicted octanol–water partition coefficient (Wildman–Crippen LogP) is 3.58. The molecular weight excluding hydrogens is 174 g/mol. The van der Waals surface area contributed by atoms with Gasteiger partial charge < -0.3 is 4.42 Å². The summed E-state index contributed by atoms with van der Waals surface area (Å²) in [5.41, 5.74) is 1.52. The number of hydrogen-bond donors (Lipinski definition) is 0. The second-order valence-electron chi connectivity index (χ2n) is 4.03. The first-order valence-corrected chi connectivity index (χ1v) is 5.42. The van der Waals surface area contributed by atoms with E-state index < -0.39 is 0 Å². The summed E-state index contributed by atoms with van der Waals surface area (Å²) in [6.45, 7) is 4.19. The monoisotopic (exact) mass is 191 g/mol. The smallest absolute Gasteiger partial charge is 0.218 e. The molecular formula is C12H17NO. The Kier molecular flexibility index (Phi) is 2.71. The van der Waals surface area contributed by atoms with Crippen LogP contribution >= 0.6 is 0 Å². The highest BCUT2D eigenvalue weighted by atomic mass is 16.3. The molecule has 1 aliphatic rings. The minimum atomic E-state index is 0.766. The summed E-state index contributed by atoms with van der Waals surface area (Å²) < 4.78 is 5.45. The van der Waals surface area contributed by atoms with Gasteiger partial charge in [0.25, 0.3) is 0 Å². The van der Waals surface area contributed by atoms with E-state index in [2.05, 4.69) is 18.0 Å². The highest BCUT2D eigenvalue weighted by molar-refractivity contribution is 5.45. The molecule has 1 unspecified atom stereocenters. The van der Waals surface area contributed by atoms with Crippen LogP contribution in [0.4, 0.5) is 0 Å². The van der Waals surface area contributed by atoms with Crippen molar-refractivity contribution in [1.82, 2.24) is 4.98 Å². The zero-order valence-corrected chi connectivity index (χ0v) is 8.92. The van der Waals surface area contributed by atoms with Crippen LogP contribution in [0.3, 0.4) is 0 Å². The van der Waals surface area contributed by atoms with Gasteiger partial charge >= 0.3 is 0 Å². The number of aromatic nitrogens is 1. The fraction of sp³-hybridized carbons (Fsp3) is 0.583. The Morgan fingerprint density at radius 1 is 1.64 bits per heavy atom. The molecule has 0 spiro atoms. The van der Waals surface area contributed by atoms with Crippen LogP contribution in [-0.2, 0) is 0 Å². The van der Waals surface area contributed by atoms with Crippen molar-refractivity contribution in [2.24, 2.45) is 5.92 Å². The Morgan fingerprint density at radius 3 is 3.14 bits per heavy atom. The Labute approximate surface area is 85.0 Å². The SMILES string of the molecule is CCC1CCC/C1=C/c1ncc(C)o1. The molecule has 1 aromatic rings. The molecule has 0 amide bonds. The van der Waals surface area contributed by atoms with Crippen molar-refractivity contribution in [2.45, 2.75) is 39.5 Å². The summed E-state index contributed by atoms with van der Waals surface area (Å²) in [6, 6.07) is 0. The molecule has 0 aliphatic heterocycles. The van der Waals surface area contributed by atoms with E-state index in [4.69, 9.17) is 4.42 Å². The van der Waals surface area contributed by atoms with Gasteiger partial charge in [0.2, 0.25) is 5.89 Å². The second kappa shape index (κ2) is 3.99. The third kappa shape index (κ3) is 1.89. The van der Waals surface area contributed by atoms with E-state index >= 15 is 0 Å². The van der Waals surface area contributed by atoms with Crippen LogP contribution in [0.15, 0.2) is 16.2 Å². The average Bonchev–Trinajstić information content (AvgIpc) is 2.76. The first kappa shape index (κ1) is 9.50. The standard InChI is InChI=1S/C12H17NO/c1-3-10-5-4-6-11(10)7-12-13-8-9(2)14-12/h7-8,10H,3-6H2,1-2H3/b11-7-. The van der Waals surface area contributed by atoms with Gasteiger partial charge in [-0.1, -0.05) is 12.5 Å². The van der Waals surface area contributed by atoms with Crippen molar-refractivity contribution >= 4 is 6.08 Å². The highest BCUT2D eigenvalue weighted by Crippen LogP contribution is 2.34. The van der Waals surface area contributed by atoms with Gasteiger partial charge in [0.15, 0.2) is 0 Å². The van der Waals surface area contributed by atoms with Crippen molar-refractivity contribution < 1.29 is 4.42 Å². The lowest BCUT2D eigenvalue weighted by Gasteiger charge is -2.06. The lowest BCUT2D eigenvalue weighted by Crippen LogP contribution is -1.93. The fourth-order valence-electron chi connectivity index (χ4n) is 2.20. The van der Waals surface area contributed by atoms with Crippen molar-refractivity contribution in [1.29, 1.82) is 0 Å². The molecule has 1 heterocycles. The first-order valence-electron chi connectivity index (χ1n) is 5.42. The van der Waals surface area contributed by atoms with Gasteiger partial charge in [-0.3, -0.25) is 0 Å². The van der Waals surface area contributed by atoms with Crippen LogP contribution < -0.4 is 0 Å². The maximum Gasteiger partial charge on any atom is 0.218 e. The number of hydrogen-bond acceptors (Lipinski definition) is 2. The van der Waals surface area contributed by atoms with Crippen LogP contribution in [-0.4, -0.2) is 4.98 Å². The molecule has 0 bridgehead atoms. The van der Waals surface area contributed by atoms with Gasteiger partial charge in [0.1, 0.15) is 5.76 Å². The molecule has 2 heteroatoms. The molecule has 0 radical (unpaired) electrons. The second-order valence-corrected chi connectivity index (χ2v) is 4.03. The van der Waals surface area contributed by atoms with Gasteiger partial charge in [-0.2, -0.15) is 0 Å². The third-order valence-corrected chi connectivity index (χ3v) is 2.98. The number of aryl methyl sites for hydroxylation is 1. The molecule has 1 atom stereocenters. The molecule has 2 rings (SSSR count).